The monoisotopic (exact) mass is 305 g/mol. The van der Waals surface area contributed by atoms with Gasteiger partial charge in [-0.2, -0.15) is 0 Å². The maximum absolute atomic E-state index is 6.28. The lowest BCUT2D eigenvalue weighted by Crippen LogP contribution is -2.12. The number of rotatable bonds is 6. The standard InChI is InChI=1S/C17H20ClNO2/c1-4-19-11-13-14(18)6-5-7-15(13)21-16-9-8-12(2)10-17(16)20-3/h5-10,19H,4,11H2,1-3H3. The van der Waals surface area contributed by atoms with E-state index in [1.165, 1.54) is 0 Å². The number of halogens is 1. The maximum Gasteiger partial charge on any atom is 0.169 e. The van der Waals surface area contributed by atoms with Crippen LogP contribution in [0.15, 0.2) is 36.4 Å². The summed E-state index contributed by atoms with van der Waals surface area (Å²) in [5.41, 5.74) is 2.07. The first-order valence-corrected chi connectivity index (χ1v) is 7.34. The van der Waals surface area contributed by atoms with Gasteiger partial charge in [0.1, 0.15) is 5.75 Å². The van der Waals surface area contributed by atoms with E-state index < -0.39 is 0 Å². The van der Waals surface area contributed by atoms with Gasteiger partial charge in [-0.05, 0) is 43.3 Å². The molecule has 1 N–H and O–H groups in total. The van der Waals surface area contributed by atoms with Crippen molar-refractivity contribution in [3.05, 3.63) is 52.5 Å². The highest BCUT2D eigenvalue weighted by atomic mass is 35.5. The number of benzene rings is 2. The lowest BCUT2D eigenvalue weighted by Gasteiger charge is -2.15. The van der Waals surface area contributed by atoms with Crippen molar-refractivity contribution in [2.75, 3.05) is 13.7 Å². The smallest absolute Gasteiger partial charge is 0.169 e. The molecule has 0 aliphatic rings. The van der Waals surface area contributed by atoms with E-state index in [4.69, 9.17) is 21.1 Å². The largest absolute Gasteiger partial charge is 0.493 e. The second-order valence-electron chi connectivity index (χ2n) is 4.75. The normalized spacial score (nSPS) is 10.5. The van der Waals surface area contributed by atoms with Crippen LogP contribution in [0.2, 0.25) is 5.02 Å². The molecule has 0 amide bonds. The minimum Gasteiger partial charge on any atom is -0.493 e. The number of nitrogens with one attached hydrogen (secondary N) is 1. The van der Waals surface area contributed by atoms with E-state index in [0.29, 0.717) is 23.1 Å². The summed E-state index contributed by atoms with van der Waals surface area (Å²) < 4.78 is 11.4. The third-order valence-corrected chi connectivity index (χ3v) is 3.52. The molecule has 0 aromatic heterocycles. The van der Waals surface area contributed by atoms with Crippen molar-refractivity contribution in [3.8, 4) is 17.2 Å². The third kappa shape index (κ3) is 3.90. The second-order valence-corrected chi connectivity index (χ2v) is 5.16. The highest BCUT2D eigenvalue weighted by Crippen LogP contribution is 2.35. The maximum atomic E-state index is 6.28. The third-order valence-electron chi connectivity index (χ3n) is 3.17. The Morgan fingerprint density at radius 2 is 1.90 bits per heavy atom. The van der Waals surface area contributed by atoms with Crippen molar-refractivity contribution in [1.29, 1.82) is 0 Å². The highest BCUT2D eigenvalue weighted by molar-refractivity contribution is 6.31. The van der Waals surface area contributed by atoms with Crippen LogP contribution < -0.4 is 14.8 Å². The summed E-state index contributed by atoms with van der Waals surface area (Å²) in [6, 6.07) is 11.5. The van der Waals surface area contributed by atoms with Gasteiger partial charge in [-0.25, -0.2) is 0 Å². The zero-order chi connectivity index (χ0) is 15.2. The van der Waals surface area contributed by atoms with Crippen LogP contribution >= 0.6 is 11.6 Å². The van der Waals surface area contributed by atoms with Crippen molar-refractivity contribution in [2.45, 2.75) is 20.4 Å². The van der Waals surface area contributed by atoms with Gasteiger partial charge in [0, 0.05) is 17.1 Å². The van der Waals surface area contributed by atoms with Gasteiger partial charge < -0.3 is 14.8 Å². The molecule has 0 radical (unpaired) electrons. The van der Waals surface area contributed by atoms with Gasteiger partial charge in [0.25, 0.3) is 0 Å². The van der Waals surface area contributed by atoms with Gasteiger partial charge in [-0.15, -0.1) is 0 Å². The van der Waals surface area contributed by atoms with E-state index in [0.717, 1.165) is 23.4 Å². The summed E-state index contributed by atoms with van der Waals surface area (Å²) >= 11 is 6.28. The molecule has 112 valence electrons. The Labute approximate surface area is 130 Å². The molecule has 0 saturated carbocycles. The average Bonchev–Trinajstić information content (AvgIpc) is 2.48. The fraction of sp³-hybridized carbons (Fsp3) is 0.294. The van der Waals surface area contributed by atoms with Crippen molar-refractivity contribution >= 4 is 11.6 Å². The molecule has 0 aliphatic heterocycles. The average molecular weight is 306 g/mol. The fourth-order valence-corrected chi connectivity index (χ4v) is 2.27. The van der Waals surface area contributed by atoms with Crippen molar-refractivity contribution in [1.82, 2.24) is 5.32 Å². The van der Waals surface area contributed by atoms with Crippen LogP contribution in [0.1, 0.15) is 18.1 Å². The van der Waals surface area contributed by atoms with E-state index in [9.17, 15) is 0 Å². The first kappa shape index (κ1) is 15.7. The van der Waals surface area contributed by atoms with Crippen LogP contribution in [-0.2, 0) is 6.54 Å². The summed E-state index contributed by atoms with van der Waals surface area (Å²) in [4.78, 5) is 0. The minimum absolute atomic E-state index is 0.666. The summed E-state index contributed by atoms with van der Waals surface area (Å²) in [6.45, 7) is 5.61. The zero-order valence-electron chi connectivity index (χ0n) is 12.6. The molecule has 2 rings (SSSR count). The van der Waals surface area contributed by atoms with Gasteiger partial charge >= 0.3 is 0 Å². The summed E-state index contributed by atoms with van der Waals surface area (Å²) in [7, 11) is 1.64. The molecule has 0 aliphatic carbocycles. The molecule has 0 bridgehead atoms. The molecule has 0 atom stereocenters. The molecular formula is C17H20ClNO2. The predicted octanol–water partition coefficient (Wildman–Crippen LogP) is 4.56. The molecule has 0 fully saturated rings. The number of ether oxygens (including phenoxy) is 2. The summed E-state index contributed by atoms with van der Waals surface area (Å²) in [5, 5.41) is 3.97. The Kier molecular flexibility index (Phi) is 5.48. The summed E-state index contributed by atoms with van der Waals surface area (Å²) in [6.07, 6.45) is 0. The predicted molar refractivity (Wildman–Crippen MR) is 86.6 cm³/mol. The van der Waals surface area contributed by atoms with Crippen LogP contribution in [-0.4, -0.2) is 13.7 Å². The van der Waals surface area contributed by atoms with Crippen molar-refractivity contribution in [3.63, 3.8) is 0 Å². The lowest BCUT2D eigenvalue weighted by molar-refractivity contribution is 0.377. The van der Waals surface area contributed by atoms with Crippen molar-refractivity contribution < 1.29 is 9.47 Å². The van der Waals surface area contributed by atoms with Gasteiger partial charge in [0.2, 0.25) is 0 Å². The second kappa shape index (κ2) is 7.34. The van der Waals surface area contributed by atoms with E-state index in [2.05, 4.69) is 12.2 Å². The Hall–Kier alpha value is -1.71. The van der Waals surface area contributed by atoms with Gasteiger partial charge in [0.05, 0.1) is 7.11 Å². The summed E-state index contributed by atoms with van der Waals surface area (Å²) in [5.74, 6) is 2.14. The van der Waals surface area contributed by atoms with E-state index in [-0.39, 0.29) is 0 Å². The Balaban J connectivity index is 2.33. The molecule has 2 aromatic rings. The Morgan fingerprint density at radius 1 is 1.10 bits per heavy atom. The molecule has 0 heterocycles. The molecule has 2 aromatic carbocycles. The van der Waals surface area contributed by atoms with Crippen LogP contribution in [0.25, 0.3) is 0 Å². The molecular weight excluding hydrogens is 286 g/mol. The molecule has 4 heteroatoms. The van der Waals surface area contributed by atoms with Crippen LogP contribution in [0.5, 0.6) is 17.2 Å². The molecule has 3 nitrogen and oxygen atoms in total. The van der Waals surface area contributed by atoms with Crippen LogP contribution in [0.4, 0.5) is 0 Å². The molecule has 21 heavy (non-hydrogen) atoms. The molecule has 0 spiro atoms. The van der Waals surface area contributed by atoms with E-state index in [1.807, 2.05) is 43.3 Å². The van der Waals surface area contributed by atoms with Gasteiger partial charge in [-0.1, -0.05) is 30.7 Å². The molecule has 0 saturated heterocycles. The van der Waals surface area contributed by atoms with Gasteiger partial charge in [-0.3, -0.25) is 0 Å². The zero-order valence-corrected chi connectivity index (χ0v) is 13.3. The van der Waals surface area contributed by atoms with E-state index in [1.54, 1.807) is 7.11 Å². The number of hydrogen-bond acceptors (Lipinski definition) is 3. The number of hydrogen-bond donors (Lipinski definition) is 1. The first-order chi connectivity index (χ1) is 10.2. The number of methoxy groups -OCH3 is 1. The van der Waals surface area contributed by atoms with E-state index >= 15 is 0 Å². The van der Waals surface area contributed by atoms with Crippen LogP contribution in [0, 0.1) is 6.92 Å². The minimum atomic E-state index is 0.666. The Morgan fingerprint density at radius 3 is 2.62 bits per heavy atom. The van der Waals surface area contributed by atoms with Gasteiger partial charge in [0.15, 0.2) is 11.5 Å². The topological polar surface area (TPSA) is 30.5 Å². The van der Waals surface area contributed by atoms with Crippen LogP contribution in [0.3, 0.4) is 0 Å². The number of aryl methyl sites for hydroxylation is 1. The Bertz CT molecular complexity index is 614. The fourth-order valence-electron chi connectivity index (χ4n) is 2.03. The van der Waals surface area contributed by atoms with Crippen molar-refractivity contribution in [2.24, 2.45) is 0 Å². The lowest BCUT2D eigenvalue weighted by atomic mass is 10.2. The quantitative estimate of drug-likeness (QED) is 0.848. The SMILES string of the molecule is CCNCc1c(Cl)cccc1Oc1ccc(C)cc1OC. The molecule has 0 unspecified atom stereocenters. The highest BCUT2D eigenvalue weighted by Gasteiger charge is 2.11. The first-order valence-electron chi connectivity index (χ1n) is 6.96.